The van der Waals surface area contributed by atoms with E-state index in [1.165, 1.54) is 20.0 Å². The van der Waals surface area contributed by atoms with Crippen LogP contribution in [0.5, 0.6) is 0 Å². The molecule has 4 aliphatic carbocycles. The summed E-state index contributed by atoms with van der Waals surface area (Å²) >= 11 is 0. The van der Waals surface area contributed by atoms with Crippen LogP contribution in [0, 0.1) is 46.3 Å². The van der Waals surface area contributed by atoms with E-state index in [9.17, 15) is 14.3 Å². The number of carbonyl (C=O) groups is 1. The summed E-state index contributed by atoms with van der Waals surface area (Å²) in [7, 11) is 3.13. The third kappa shape index (κ3) is 4.38. The number of carbonyl (C=O) groups excluding carboxylic acids is 1. The zero-order valence-electron chi connectivity index (χ0n) is 21.2. The lowest BCUT2D eigenvalue weighted by Gasteiger charge is -2.63. The van der Waals surface area contributed by atoms with Gasteiger partial charge in [-0.25, -0.2) is 4.39 Å². The van der Waals surface area contributed by atoms with Crippen molar-refractivity contribution in [2.24, 2.45) is 46.3 Å². The summed E-state index contributed by atoms with van der Waals surface area (Å²) in [5.41, 5.74) is 0.143. The van der Waals surface area contributed by atoms with Crippen LogP contribution in [-0.4, -0.2) is 50.5 Å². The minimum atomic E-state index is -1.12. The van der Waals surface area contributed by atoms with Gasteiger partial charge in [0.25, 0.3) is 0 Å². The Balaban J connectivity index is 1.59. The molecule has 4 saturated carbocycles. The molecule has 1 N–H and O–H groups in total. The molecule has 6 heteroatoms. The first kappa shape index (κ1) is 25.4. The Morgan fingerprint density at radius 2 is 1.85 bits per heavy atom. The number of alkyl halides is 1. The predicted octanol–water partition coefficient (Wildman–Crippen LogP) is 5.14. The highest BCUT2D eigenvalue weighted by molar-refractivity contribution is 5.69. The quantitative estimate of drug-likeness (QED) is 0.414. The average molecular weight is 469 g/mol. The van der Waals surface area contributed by atoms with Crippen LogP contribution in [0.15, 0.2) is 0 Å². The molecule has 11 atom stereocenters. The number of halogens is 1. The number of rotatable bonds is 7. The number of aliphatic hydroxyl groups is 1. The van der Waals surface area contributed by atoms with Gasteiger partial charge in [-0.2, -0.15) is 0 Å². The third-order valence-corrected chi connectivity index (χ3v) is 10.8. The third-order valence-electron chi connectivity index (χ3n) is 10.8. The Morgan fingerprint density at radius 3 is 2.55 bits per heavy atom. The maximum absolute atomic E-state index is 14.8. The van der Waals surface area contributed by atoms with Crippen LogP contribution in [-0.2, 0) is 19.0 Å². The van der Waals surface area contributed by atoms with Gasteiger partial charge >= 0.3 is 5.97 Å². The number of methoxy groups -OCH3 is 2. The Kier molecular flexibility index (Phi) is 7.49. The van der Waals surface area contributed by atoms with Crippen molar-refractivity contribution in [3.63, 3.8) is 0 Å². The van der Waals surface area contributed by atoms with E-state index in [0.717, 1.165) is 25.7 Å². The summed E-state index contributed by atoms with van der Waals surface area (Å²) in [6.07, 6.45) is 6.03. The molecule has 33 heavy (non-hydrogen) atoms. The molecule has 0 aliphatic heterocycles. The first-order valence-electron chi connectivity index (χ1n) is 13.1. The van der Waals surface area contributed by atoms with Gasteiger partial charge in [-0.3, -0.25) is 4.79 Å². The van der Waals surface area contributed by atoms with Crippen LogP contribution in [0.2, 0.25) is 0 Å². The van der Waals surface area contributed by atoms with Gasteiger partial charge in [0.1, 0.15) is 13.0 Å². The van der Waals surface area contributed by atoms with Crippen molar-refractivity contribution in [2.75, 3.05) is 21.0 Å². The Morgan fingerprint density at radius 1 is 1.12 bits per heavy atom. The molecule has 4 aliphatic rings. The summed E-state index contributed by atoms with van der Waals surface area (Å²) in [5.74, 6) is 2.61. The van der Waals surface area contributed by atoms with Crippen molar-refractivity contribution in [2.45, 2.75) is 96.9 Å². The lowest BCUT2D eigenvalue weighted by atomic mass is 9.43. The van der Waals surface area contributed by atoms with Crippen molar-refractivity contribution in [3.05, 3.63) is 0 Å². The van der Waals surface area contributed by atoms with E-state index >= 15 is 0 Å². The summed E-state index contributed by atoms with van der Waals surface area (Å²) in [5, 5.41) is 10.3. The van der Waals surface area contributed by atoms with Gasteiger partial charge in [0.15, 0.2) is 0 Å². The Labute approximate surface area is 199 Å². The lowest BCUT2D eigenvalue weighted by molar-refractivity contribution is -0.215. The second-order valence-corrected chi connectivity index (χ2v) is 12.2. The van der Waals surface area contributed by atoms with Crippen LogP contribution in [0.25, 0.3) is 0 Å². The van der Waals surface area contributed by atoms with E-state index in [4.69, 9.17) is 14.2 Å². The molecule has 0 aromatic rings. The van der Waals surface area contributed by atoms with E-state index in [1.54, 1.807) is 7.11 Å². The van der Waals surface area contributed by atoms with Gasteiger partial charge in [-0.1, -0.05) is 20.8 Å². The molecule has 0 spiro atoms. The molecule has 0 saturated heterocycles. The molecular weight excluding hydrogens is 423 g/mol. The SMILES string of the molecule is COCO[C@@H]1C[C@@H]2C[C@H](O)[C@@H](F)C[C@]2(C)C2CC[C@@]3(C)C(CC[C@@H]3[C@H](C)CCC(=O)OC)C21. The van der Waals surface area contributed by atoms with Gasteiger partial charge in [0, 0.05) is 13.5 Å². The molecular formula is C27H45FO5. The molecule has 3 unspecified atom stereocenters. The van der Waals surface area contributed by atoms with Crippen molar-refractivity contribution < 1.29 is 28.5 Å². The van der Waals surface area contributed by atoms with Crippen LogP contribution >= 0.6 is 0 Å². The van der Waals surface area contributed by atoms with Gasteiger partial charge < -0.3 is 19.3 Å². The van der Waals surface area contributed by atoms with Crippen LogP contribution < -0.4 is 0 Å². The molecule has 5 nitrogen and oxygen atoms in total. The molecule has 0 aromatic carbocycles. The van der Waals surface area contributed by atoms with E-state index in [1.807, 2.05) is 0 Å². The monoisotopic (exact) mass is 468 g/mol. The molecule has 0 bridgehead atoms. The number of hydrogen-bond acceptors (Lipinski definition) is 5. The number of fused-ring (bicyclic) bond motifs is 5. The minimum Gasteiger partial charge on any atom is -0.469 e. The zero-order valence-corrected chi connectivity index (χ0v) is 21.2. The fourth-order valence-corrected chi connectivity index (χ4v) is 9.13. The number of ether oxygens (including phenoxy) is 3. The fraction of sp³-hybridized carbons (Fsp3) is 0.963. The normalized spacial score (nSPS) is 47.8. The minimum absolute atomic E-state index is 0.0772. The first-order chi connectivity index (χ1) is 15.7. The van der Waals surface area contributed by atoms with Crippen LogP contribution in [0.4, 0.5) is 4.39 Å². The lowest BCUT2D eigenvalue weighted by Crippen LogP contribution is -2.60. The predicted molar refractivity (Wildman–Crippen MR) is 124 cm³/mol. The summed E-state index contributed by atoms with van der Waals surface area (Å²) in [4.78, 5) is 11.7. The van der Waals surface area contributed by atoms with Crippen molar-refractivity contribution in [3.8, 4) is 0 Å². The Hall–Kier alpha value is -0.720. The van der Waals surface area contributed by atoms with Crippen molar-refractivity contribution >= 4 is 5.97 Å². The van der Waals surface area contributed by atoms with E-state index in [0.29, 0.717) is 54.8 Å². The summed E-state index contributed by atoms with van der Waals surface area (Å²) in [6.45, 7) is 7.37. The number of aliphatic hydroxyl groups excluding tert-OH is 1. The second-order valence-electron chi connectivity index (χ2n) is 12.2. The molecule has 4 rings (SSSR count). The van der Waals surface area contributed by atoms with Gasteiger partial charge in [0.2, 0.25) is 0 Å². The van der Waals surface area contributed by atoms with Crippen LogP contribution in [0.3, 0.4) is 0 Å². The van der Waals surface area contributed by atoms with E-state index in [-0.39, 0.29) is 29.7 Å². The number of hydrogen-bond donors (Lipinski definition) is 1. The summed E-state index contributed by atoms with van der Waals surface area (Å²) < 4.78 is 31.3. The van der Waals surface area contributed by atoms with Crippen LogP contribution in [0.1, 0.15) is 78.6 Å². The maximum atomic E-state index is 14.8. The molecule has 0 heterocycles. The molecule has 0 amide bonds. The van der Waals surface area contributed by atoms with E-state index in [2.05, 4.69) is 20.8 Å². The largest absolute Gasteiger partial charge is 0.469 e. The summed E-state index contributed by atoms with van der Waals surface area (Å²) in [6, 6.07) is 0. The zero-order chi connectivity index (χ0) is 24.0. The highest BCUT2D eigenvalue weighted by Gasteiger charge is 2.64. The van der Waals surface area contributed by atoms with Gasteiger partial charge in [-0.15, -0.1) is 0 Å². The van der Waals surface area contributed by atoms with Crippen molar-refractivity contribution in [1.82, 2.24) is 0 Å². The highest BCUT2D eigenvalue weighted by atomic mass is 19.1. The molecule has 190 valence electrons. The topological polar surface area (TPSA) is 65.0 Å². The molecule has 4 fully saturated rings. The second kappa shape index (κ2) is 9.73. The first-order valence-corrected chi connectivity index (χ1v) is 13.1. The maximum Gasteiger partial charge on any atom is 0.305 e. The average Bonchev–Trinajstić information content (AvgIpc) is 3.14. The standard InChI is InChI=1S/C27H45FO5/c1-16(6-9-24(30)32-5)18-7-8-19-25-20(10-11-26(18,19)2)27(3)14-21(28)22(29)12-17(27)13-23(25)33-15-31-4/h16-23,25,29H,6-15H2,1-5H3/t16-,17+,18-,19?,20?,21+,22+,23-,25?,26-,27+/m1/s1. The smallest absolute Gasteiger partial charge is 0.305 e. The van der Waals surface area contributed by atoms with Crippen molar-refractivity contribution in [1.29, 1.82) is 0 Å². The van der Waals surface area contributed by atoms with Gasteiger partial charge in [-0.05, 0) is 97.7 Å². The number of esters is 1. The molecule has 0 aromatic heterocycles. The fourth-order valence-electron chi connectivity index (χ4n) is 9.13. The van der Waals surface area contributed by atoms with Gasteiger partial charge in [0.05, 0.1) is 19.3 Å². The molecule has 0 radical (unpaired) electrons. The van der Waals surface area contributed by atoms with E-state index < -0.39 is 12.3 Å². The Bertz CT molecular complexity index is 702. The highest BCUT2D eigenvalue weighted by Crippen LogP contribution is 2.68.